The summed E-state index contributed by atoms with van der Waals surface area (Å²) in [6.45, 7) is 0. The number of carbonyl (C=O) groups excluding carboxylic acids is 1. The Kier molecular flexibility index (Phi) is 2.74. The number of hydrogen-bond donors (Lipinski definition) is 2. The lowest BCUT2D eigenvalue weighted by molar-refractivity contribution is -0.147. The number of nitrogens with zero attached hydrogens (tertiary/aromatic N) is 3. The zero-order valence-corrected chi connectivity index (χ0v) is 10.5. The van der Waals surface area contributed by atoms with Gasteiger partial charge < -0.3 is 10.4 Å². The van der Waals surface area contributed by atoms with Gasteiger partial charge in [-0.2, -0.15) is 15.0 Å². The number of carbonyl (C=O) groups is 2. The molecule has 0 atom stereocenters. The van der Waals surface area contributed by atoms with Crippen LogP contribution in [0.3, 0.4) is 0 Å². The third-order valence-electron chi connectivity index (χ3n) is 3.37. The van der Waals surface area contributed by atoms with Crippen LogP contribution in [0.15, 0.2) is 36.7 Å². The number of carboxylic acids is 1. The number of benzene rings is 1. The summed E-state index contributed by atoms with van der Waals surface area (Å²) in [7, 11) is 0. The Bertz CT molecular complexity index is 645. The molecule has 0 aliphatic heterocycles. The van der Waals surface area contributed by atoms with Crippen LogP contribution in [-0.2, 0) is 9.59 Å². The molecule has 7 nitrogen and oxygen atoms in total. The minimum atomic E-state index is -1.23. The highest BCUT2D eigenvalue weighted by atomic mass is 16.4. The van der Waals surface area contributed by atoms with Crippen molar-refractivity contribution in [3.8, 4) is 5.69 Å². The Morgan fingerprint density at radius 2 is 1.75 bits per heavy atom. The standard InChI is InChI=1S/C13H12N4O3/c18-11(13(5-6-13)12(19)20)16-9-1-3-10(4-2-9)17-14-7-8-15-17/h1-4,7-8H,5-6H2,(H,16,18)(H,19,20). The van der Waals surface area contributed by atoms with Gasteiger partial charge in [-0.05, 0) is 37.1 Å². The highest BCUT2D eigenvalue weighted by Gasteiger charge is 2.57. The summed E-state index contributed by atoms with van der Waals surface area (Å²) in [6, 6.07) is 6.87. The molecule has 7 heteroatoms. The number of rotatable bonds is 4. The number of anilines is 1. The van der Waals surface area contributed by atoms with Crippen LogP contribution in [0.4, 0.5) is 5.69 Å². The van der Waals surface area contributed by atoms with Gasteiger partial charge in [0, 0.05) is 5.69 Å². The lowest BCUT2D eigenvalue weighted by Crippen LogP contribution is -2.31. The number of carboxylic acid groups (broad SMARTS) is 1. The van der Waals surface area contributed by atoms with Crippen LogP contribution in [-0.4, -0.2) is 32.0 Å². The van der Waals surface area contributed by atoms with Crippen LogP contribution in [0.5, 0.6) is 0 Å². The van der Waals surface area contributed by atoms with Crippen molar-refractivity contribution in [3.63, 3.8) is 0 Å². The van der Waals surface area contributed by atoms with Gasteiger partial charge in [0.05, 0.1) is 18.1 Å². The maximum atomic E-state index is 11.9. The Morgan fingerprint density at radius 3 is 2.25 bits per heavy atom. The van der Waals surface area contributed by atoms with E-state index in [2.05, 4.69) is 15.5 Å². The third-order valence-corrected chi connectivity index (χ3v) is 3.37. The van der Waals surface area contributed by atoms with Crippen molar-refractivity contribution in [2.75, 3.05) is 5.32 Å². The molecule has 1 aromatic heterocycles. The van der Waals surface area contributed by atoms with E-state index in [1.807, 2.05) is 0 Å². The Hall–Kier alpha value is -2.70. The van der Waals surface area contributed by atoms with Crippen LogP contribution < -0.4 is 5.32 Å². The SMILES string of the molecule is O=C(O)C1(C(=O)Nc2ccc(-n3nccn3)cc2)CC1. The fraction of sp³-hybridized carbons (Fsp3) is 0.231. The van der Waals surface area contributed by atoms with Crippen molar-refractivity contribution >= 4 is 17.6 Å². The summed E-state index contributed by atoms with van der Waals surface area (Å²) in [5.41, 5.74) is 0.0770. The average molecular weight is 272 g/mol. The Morgan fingerprint density at radius 1 is 1.15 bits per heavy atom. The van der Waals surface area contributed by atoms with E-state index >= 15 is 0 Å². The van der Waals surface area contributed by atoms with Gasteiger partial charge in [0.25, 0.3) is 0 Å². The highest BCUT2D eigenvalue weighted by Crippen LogP contribution is 2.46. The minimum Gasteiger partial charge on any atom is -0.480 e. The van der Waals surface area contributed by atoms with Crippen LogP contribution in [0.1, 0.15) is 12.8 Å². The van der Waals surface area contributed by atoms with Gasteiger partial charge in [-0.1, -0.05) is 0 Å². The predicted molar refractivity (Wildman–Crippen MR) is 69.3 cm³/mol. The molecule has 0 bridgehead atoms. The van der Waals surface area contributed by atoms with Crippen molar-refractivity contribution in [2.45, 2.75) is 12.8 Å². The fourth-order valence-electron chi connectivity index (χ4n) is 1.94. The fourth-order valence-corrected chi connectivity index (χ4v) is 1.94. The van der Waals surface area contributed by atoms with E-state index in [1.165, 1.54) is 4.80 Å². The summed E-state index contributed by atoms with van der Waals surface area (Å²) in [6.07, 6.45) is 3.92. The topological polar surface area (TPSA) is 97.1 Å². The zero-order chi connectivity index (χ0) is 14.2. The smallest absolute Gasteiger partial charge is 0.319 e. The molecule has 1 aromatic carbocycles. The number of hydrogen-bond acceptors (Lipinski definition) is 4. The molecule has 0 saturated heterocycles. The summed E-state index contributed by atoms with van der Waals surface area (Å²) in [5, 5.41) is 19.6. The van der Waals surface area contributed by atoms with Crippen LogP contribution in [0, 0.1) is 5.41 Å². The second-order valence-corrected chi connectivity index (χ2v) is 4.71. The van der Waals surface area contributed by atoms with Crippen molar-refractivity contribution in [1.82, 2.24) is 15.0 Å². The number of aromatic nitrogens is 3. The summed E-state index contributed by atoms with van der Waals surface area (Å²) in [5.74, 6) is -1.53. The lowest BCUT2D eigenvalue weighted by Gasteiger charge is -2.11. The lowest BCUT2D eigenvalue weighted by atomic mass is 10.1. The molecule has 3 rings (SSSR count). The maximum Gasteiger partial charge on any atom is 0.319 e. The molecule has 1 aliphatic carbocycles. The number of aliphatic carboxylic acids is 1. The van der Waals surface area contributed by atoms with E-state index < -0.39 is 17.3 Å². The molecular formula is C13H12N4O3. The van der Waals surface area contributed by atoms with Gasteiger partial charge in [0.15, 0.2) is 0 Å². The molecule has 0 spiro atoms. The van der Waals surface area contributed by atoms with Crippen molar-refractivity contribution in [2.24, 2.45) is 5.41 Å². The molecule has 0 unspecified atom stereocenters. The number of nitrogens with one attached hydrogen (secondary N) is 1. The number of amides is 1. The average Bonchev–Trinajstić information content (AvgIpc) is 3.09. The summed E-state index contributed by atoms with van der Waals surface area (Å²) in [4.78, 5) is 24.4. The summed E-state index contributed by atoms with van der Waals surface area (Å²) >= 11 is 0. The molecule has 1 heterocycles. The largest absolute Gasteiger partial charge is 0.480 e. The van der Waals surface area contributed by atoms with Crippen molar-refractivity contribution in [1.29, 1.82) is 0 Å². The zero-order valence-electron chi connectivity index (χ0n) is 10.5. The second-order valence-electron chi connectivity index (χ2n) is 4.71. The van der Waals surface area contributed by atoms with E-state index in [-0.39, 0.29) is 0 Å². The van der Waals surface area contributed by atoms with E-state index in [1.54, 1.807) is 36.7 Å². The van der Waals surface area contributed by atoms with Crippen LogP contribution in [0.25, 0.3) is 5.69 Å². The molecule has 2 N–H and O–H groups in total. The molecule has 0 radical (unpaired) electrons. The van der Waals surface area contributed by atoms with Crippen molar-refractivity contribution in [3.05, 3.63) is 36.7 Å². The molecule has 20 heavy (non-hydrogen) atoms. The van der Waals surface area contributed by atoms with Gasteiger partial charge in [-0.25, -0.2) is 0 Å². The van der Waals surface area contributed by atoms with Gasteiger partial charge in [0.2, 0.25) is 5.91 Å². The normalized spacial score (nSPS) is 15.6. The predicted octanol–water partition coefficient (Wildman–Crippen LogP) is 1.07. The first-order valence-electron chi connectivity index (χ1n) is 6.13. The highest BCUT2D eigenvalue weighted by molar-refractivity contribution is 6.10. The van der Waals surface area contributed by atoms with E-state index in [9.17, 15) is 9.59 Å². The summed E-state index contributed by atoms with van der Waals surface area (Å²) < 4.78 is 0. The third kappa shape index (κ3) is 2.03. The minimum absolute atomic E-state index is 0.392. The Labute approximate surface area is 114 Å². The van der Waals surface area contributed by atoms with E-state index in [0.29, 0.717) is 18.5 Å². The second kappa shape index (κ2) is 4.44. The molecular weight excluding hydrogens is 260 g/mol. The van der Waals surface area contributed by atoms with Gasteiger partial charge in [-0.15, -0.1) is 0 Å². The first-order chi connectivity index (χ1) is 9.62. The molecule has 1 aliphatic rings. The van der Waals surface area contributed by atoms with Crippen molar-refractivity contribution < 1.29 is 14.7 Å². The van der Waals surface area contributed by atoms with Gasteiger partial charge in [0.1, 0.15) is 5.41 Å². The quantitative estimate of drug-likeness (QED) is 0.811. The first kappa shape index (κ1) is 12.3. The Balaban J connectivity index is 1.73. The monoisotopic (exact) mass is 272 g/mol. The molecule has 1 fully saturated rings. The van der Waals surface area contributed by atoms with Crippen LogP contribution >= 0.6 is 0 Å². The molecule has 2 aromatic rings. The molecule has 1 amide bonds. The van der Waals surface area contributed by atoms with Crippen LogP contribution in [0.2, 0.25) is 0 Å². The maximum absolute atomic E-state index is 11.9. The van der Waals surface area contributed by atoms with Gasteiger partial charge >= 0.3 is 5.97 Å². The van der Waals surface area contributed by atoms with Gasteiger partial charge in [-0.3, -0.25) is 9.59 Å². The molecule has 102 valence electrons. The first-order valence-corrected chi connectivity index (χ1v) is 6.13. The molecule has 1 saturated carbocycles. The van der Waals surface area contributed by atoms with E-state index in [0.717, 1.165) is 5.69 Å². The van der Waals surface area contributed by atoms with E-state index in [4.69, 9.17) is 5.11 Å².